The van der Waals surface area contributed by atoms with Crippen LogP contribution in [0.2, 0.25) is 5.02 Å². The van der Waals surface area contributed by atoms with E-state index in [9.17, 15) is 9.59 Å². The van der Waals surface area contributed by atoms with Crippen molar-refractivity contribution in [1.82, 2.24) is 0 Å². The van der Waals surface area contributed by atoms with Gasteiger partial charge in [0.1, 0.15) is 0 Å². The number of halogens is 1. The molecule has 0 saturated carbocycles. The van der Waals surface area contributed by atoms with Crippen LogP contribution >= 0.6 is 11.6 Å². The van der Waals surface area contributed by atoms with E-state index in [1.165, 1.54) is 6.92 Å². The summed E-state index contributed by atoms with van der Waals surface area (Å²) < 4.78 is 0. The standard InChI is InChI=1S/C15H11ClO4/c1-10(17)19-20-14-8-4-12(5-9-14)15(18)11-2-6-13(16)7-3-11/h2-9H,1H3. The van der Waals surface area contributed by atoms with E-state index < -0.39 is 5.97 Å². The van der Waals surface area contributed by atoms with E-state index in [4.69, 9.17) is 16.5 Å². The molecule has 0 amide bonds. The smallest absolute Gasteiger partial charge is 0.289 e. The van der Waals surface area contributed by atoms with Gasteiger partial charge in [0.15, 0.2) is 11.5 Å². The van der Waals surface area contributed by atoms with Gasteiger partial charge < -0.3 is 0 Å². The van der Waals surface area contributed by atoms with Crippen molar-refractivity contribution in [2.75, 3.05) is 0 Å². The van der Waals surface area contributed by atoms with Crippen molar-refractivity contribution < 1.29 is 19.4 Å². The Balaban J connectivity index is 2.11. The van der Waals surface area contributed by atoms with E-state index >= 15 is 0 Å². The van der Waals surface area contributed by atoms with Gasteiger partial charge in [-0.25, -0.2) is 4.79 Å². The molecule has 0 radical (unpaired) electrons. The normalized spacial score (nSPS) is 9.90. The first-order valence-corrected chi connectivity index (χ1v) is 6.19. The number of hydrogen-bond acceptors (Lipinski definition) is 4. The first kappa shape index (κ1) is 14.1. The summed E-state index contributed by atoms with van der Waals surface area (Å²) in [7, 11) is 0. The van der Waals surface area contributed by atoms with Crippen LogP contribution in [0.15, 0.2) is 48.5 Å². The van der Waals surface area contributed by atoms with Crippen molar-refractivity contribution in [2.45, 2.75) is 6.92 Å². The van der Waals surface area contributed by atoms with Crippen molar-refractivity contribution in [1.29, 1.82) is 0 Å². The van der Waals surface area contributed by atoms with Gasteiger partial charge in [-0.2, -0.15) is 0 Å². The Kier molecular flexibility index (Phi) is 4.38. The van der Waals surface area contributed by atoms with Gasteiger partial charge in [-0.1, -0.05) is 11.6 Å². The maximum atomic E-state index is 12.2. The third-order valence-electron chi connectivity index (χ3n) is 2.48. The lowest BCUT2D eigenvalue weighted by atomic mass is 10.0. The predicted octanol–water partition coefficient (Wildman–Crippen LogP) is 3.43. The van der Waals surface area contributed by atoms with Crippen LogP contribution in [0, 0.1) is 0 Å². The molecule has 5 heteroatoms. The number of hydrogen-bond donors (Lipinski definition) is 0. The summed E-state index contributed by atoms with van der Waals surface area (Å²) in [4.78, 5) is 31.9. The van der Waals surface area contributed by atoms with Gasteiger partial charge in [-0.15, -0.1) is 0 Å². The number of ketones is 1. The van der Waals surface area contributed by atoms with E-state index in [2.05, 4.69) is 4.89 Å². The molecular formula is C15H11ClO4. The SMILES string of the molecule is CC(=O)OOc1ccc(C(=O)c2ccc(Cl)cc2)cc1. The van der Waals surface area contributed by atoms with Crippen molar-refractivity contribution in [3.63, 3.8) is 0 Å². The lowest BCUT2D eigenvalue weighted by Crippen LogP contribution is -2.04. The van der Waals surface area contributed by atoms with Crippen LogP contribution in [0.5, 0.6) is 5.75 Å². The molecule has 0 atom stereocenters. The first-order chi connectivity index (χ1) is 9.56. The molecule has 2 rings (SSSR count). The van der Waals surface area contributed by atoms with Gasteiger partial charge in [0.2, 0.25) is 0 Å². The molecule has 0 aliphatic heterocycles. The molecule has 20 heavy (non-hydrogen) atoms. The molecule has 4 nitrogen and oxygen atoms in total. The van der Waals surface area contributed by atoms with E-state index in [0.29, 0.717) is 21.9 Å². The summed E-state index contributed by atoms with van der Waals surface area (Å²) in [5.41, 5.74) is 1.05. The van der Waals surface area contributed by atoms with Crippen molar-refractivity contribution >= 4 is 23.4 Å². The van der Waals surface area contributed by atoms with E-state index in [-0.39, 0.29) is 5.78 Å². The summed E-state index contributed by atoms with van der Waals surface area (Å²) >= 11 is 5.77. The maximum absolute atomic E-state index is 12.2. The number of carbonyl (C=O) groups excluding carboxylic acids is 2. The first-order valence-electron chi connectivity index (χ1n) is 5.81. The fourth-order valence-corrected chi connectivity index (χ4v) is 1.66. The molecular weight excluding hydrogens is 280 g/mol. The number of rotatable bonds is 4. The second-order valence-electron chi connectivity index (χ2n) is 4.02. The lowest BCUT2D eigenvalue weighted by molar-refractivity contribution is -0.210. The predicted molar refractivity (Wildman–Crippen MR) is 73.7 cm³/mol. The minimum Gasteiger partial charge on any atom is -0.289 e. The Morgan fingerprint density at radius 2 is 1.40 bits per heavy atom. The third kappa shape index (κ3) is 3.59. The fraction of sp³-hybridized carbons (Fsp3) is 0.0667. The van der Waals surface area contributed by atoms with E-state index in [1.54, 1.807) is 48.5 Å². The van der Waals surface area contributed by atoms with Crippen LogP contribution in [0.3, 0.4) is 0 Å². The summed E-state index contributed by atoms with van der Waals surface area (Å²) in [5.74, 6) is -0.333. The summed E-state index contributed by atoms with van der Waals surface area (Å²) in [6.07, 6.45) is 0. The highest BCUT2D eigenvalue weighted by atomic mass is 35.5. The molecule has 2 aromatic carbocycles. The second kappa shape index (κ2) is 6.21. The quantitative estimate of drug-likeness (QED) is 0.492. The zero-order valence-corrected chi connectivity index (χ0v) is 11.4. The highest BCUT2D eigenvalue weighted by molar-refractivity contribution is 6.30. The van der Waals surface area contributed by atoms with Crippen LogP contribution < -0.4 is 4.89 Å². The minimum atomic E-state index is -0.550. The Hall–Kier alpha value is -2.33. The Bertz CT molecular complexity index is 617. The molecule has 0 bridgehead atoms. The van der Waals surface area contributed by atoms with Crippen LogP contribution in [-0.2, 0) is 9.68 Å². The van der Waals surface area contributed by atoms with Crippen LogP contribution in [0.1, 0.15) is 22.8 Å². The lowest BCUT2D eigenvalue weighted by Gasteiger charge is -2.04. The molecule has 0 aliphatic carbocycles. The molecule has 0 heterocycles. The summed E-state index contributed by atoms with van der Waals surface area (Å²) in [6, 6.07) is 12.9. The molecule has 0 aliphatic rings. The van der Waals surface area contributed by atoms with E-state index in [1.807, 2.05) is 0 Å². The molecule has 0 unspecified atom stereocenters. The second-order valence-corrected chi connectivity index (χ2v) is 4.46. The van der Waals surface area contributed by atoms with Crippen molar-refractivity contribution in [3.8, 4) is 5.75 Å². The molecule has 0 aromatic heterocycles. The van der Waals surface area contributed by atoms with Crippen molar-refractivity contribution in [3.05, 3.63) is 64.7 Å². The monoisotopic (exact) mass is 290 g/mol. The fourth-order valence-electron chi connectivity index (χ4n) is 1.54. The Morgan fingerprint density at radius 3 is 1.90 bits per heavy atom. The molecule has 0 saturated heterocycles. The zero-order valence-electron chi connectivity index (χ0n) is 10.6. The van der Waals surface area contributed by atoms with Crippen LogP contribution in [0.25, 0.3) is 0 Å². The number of carbonyl (C=O) groups is 2. The maximum Gasteiger partial charge on any atom is 0.352 e. The van der Waals surface area contributed by atoms with Crippen molar-refractivity contribution in [2.24, 2.45) is 0 Å². The molecule has 0 fully saturated rings. The topological polar surface area (TPSA) is 52.6 Å². The molecule has 102 valence electrons. The number of benzene rings is 2. The average Bonchev–Trinajstić information content (AvgIpc) is 2.46. The van der Waals surface area contributed by atoms with Gasteiger partial charge in [0.25, 0.3) is 0 Å². The largest absolute Gasteiger partial charge is 0.352 e. The summed E-state index contributed by atoms with van der Waals surface area (Å²) in [6.45, 7) is 1.23. The molecule has 0 N–H and O–H groups in total. The third-order valence-corrected chi connectivity index (χ3v) is 2.73. The van der Waals surface area contributed by atoms with E-state index in [0.717, 1.165) is 0 Å². The summed E-state index contributed by atoms with van der Waals surface area (Å²) in [5, 5.41) is 0.576. The van der Waals surface area contributed by atoms with Crippen LogP contribution in [-0.4, -0.2) is 11.8 Å². The molecule has 2 aromatic rings. The average molecular weight is 291 g/mol. The zero-order chi connectivity index (χ0) is 14.5. The Morgan fingerprint density at radius 1 is 0.900 bits per heavy atom. The highest BCUT2D eigenvalue weighted by Gasteiger charge is 2.09. The van der Waals surface area contributed by atoms with Gasteiger partial charge >= 0.3 is 5.97 Å². The minimum absolute atomic E-state index is 0.124. The molecule has 0 spiro atoms. The van der Waals surface area contributed by atoms with Crippen LogP contribution in [0.4, 0.5) is 0 Å². The van der Waals surface area contributed by atoms with Gasteiger partial charge in [0.05, 0.1) is 0 Å². The van der Waals surface area contributed by atoms with Gasteiger partial charge in [0, 0.05) is 23.1 Å². The highest BCUT2D eigenvalue weighted by Crippen LogP contribution is 2.17. The Labute approximate surface area is 120 Å². The van der Waals surface area contributed by atoms with Gasteiger partial charge in [-0.3, -0.25) is 14.6 Å². The van der Waals surface area contributed by atoms with Gasteiger partial charge in [-0.05, 0) is 48.5 Å².